The highest BCUT2D eigenvalue weighted by atomic mass is 19.1. The van der Waals surface area contributed by atoms with Crippen molar-refractivity contribution >= 4 is 39.2 Å². The summed E-state index contributed by atoms with van der Waals surface area (Å²) in [6.07, 6.45) is 3.00. The van der Waals surface area contributed by atoms with E-state index in [1.54, 1.807) is 12.1 Å². The van der Waals surface area contributed by atoms with E-state index in [0.29, 0.717) is 0 Å². The molecule has 0 saturated carbocycles. The van der Waals surface area contributed by atoms with Gasteiger partial charge in [0, 0.05) is 40.6 Å². The largest absolute Gasteiger partial charge is 0.468 e. The molecule has 0 unspecified atom stereocenters. The number of carbonyl (C=O) groups is 1. The fourth-order valence-electron chi connectivity index (χ4n) is 4.59. The van der Waals surface area contributed by atoms with Crippen molar-refractivity contribution < 1.29 is 13.9 Å². The van der Waals surface area contributed by atoms with Crippen molar-refractivity contribution in [2.75, 3.05) is 25.1 Å². The van der Waals surface area contributed by atoms with Crippen LogP contribution in [0.4, 0.5) is 10.2 Å². The van der Waals surface area contributed by atoms with Crippen molar-refractivity contribution in [3.8, 4) is 0 Å². The molecular formula is C26H24FN3O2. The summed E-state index contributed by atoms with van der Waals surface area (Å²) >= 11 is 0. The smallest absolute Gasteiger partial charge is 0.325 e. The van der Waals surface area contributed by atoms with E-state index in [4.69, 9.17) is 9.72 Å². The van der Waals surface area contributed by atoms with E-state index in [9.17, 15) is 9.18 Å². The van der Waals surface area contributed by atoms with E-state index in [2.05, 4.69) is 29.2 Å². The van der Waals surface area contributed by atoms with Crippen LogP contribution in [-0.4, -0.2) is 35.7 Å². The number of hydrogen-bond donors (Lipinski definition) is 0. The highest BCUT2D eigenvalue weighted by molar-refractivity contribution is 5.96. The molecule has 0 amide bonds. The highest BCUT2D eigenvalue weighted by Crippen LogP contribution is 2.35. The van der Waals surface area contributed by atoms with Crippen LogP contribution in [0.25, 0.3) is 27.4 Å². The third-order valence-corrected chi connectivity index (χ3v) is 6.24. The minimum atomic E-state index is -0.327. The first-order valence-corrected chi connectivity index (χ1v) is 10.7. The van der Waals surface area contributed by atoms with Gasteiger partial charge in [-0.15, -0.1) is 0 Å². The average Bonchev–Trinajstić information content (AvgIpc) is 3.09. The molecule has 1 aliphatic heterocycles. The molecule has 0 bridgehead atoms. The summed E-state index contributed by atoms with van der Waals surface area (Å²) in [7, 11) is 1.38. The maximum absolute atomic E-state index is 14.1. The minimum Gasteiger partial charge on any atom is -0.468 e. The van der Waals surface area contributed by atoms with Gasteiger partial charge < -0.3 is 14.2 Å². The number of nitrogens with zero attached hydrogens (tertiary/aromatic N) is 3. The summed E-state index contributed by atoms with van der Waals surface area (Å²) in [6.45, 7) is 3.62. The van der Waals surface area contributed by atoms with Crippen molar-refractivity contribution in [3.63, 3.8) is 0 Å². The van der Waals surface area contributed by atoms with Gasteiger partial charge in [0.1, 0.15) is 18.2 Å². The van der Waals surface area contributed by atoms with Crippen LogP contribution in [0.15, 0.2) is 60.7 Å². The minimum absolute atomic E-state index is 0.102. The molecule has 32 heavy (non-hydrogen) atoms. The Morgan fingerprint density at radius 3 is 2.78 bits per heavy atom. The van der Waals surface area contributed by atoms with Crippen molar-refractivity contribution in [2.45, 2.75) is 19.9 Å². The number of rotatable bonds is 4. The lowest BCUT2D eigenvalue weighted by Crippen LogP contribution is -2.29. The van der Waals surface area contributed by atoms with E-state index in [0.717, 1.165) is 58.4 Å². The Balaban J connectivity index is 1.50. The number of methoxy groups -OCH3 is 1. The SMILES string of the molecule is COC(=O)Cn1c(C)c(C2=CCN(c3ccc4ccccc4n3)CC2)c2cc(F)ccc21. The Labute approximate surface area is 185 Å². The van der Waals surface area contributed by atoms with Crippen LogP contribution in [0.3, 0.4) is 0 Å². The number of anilines is 1. The highest BCUT2D eigenvalue weighted by Gasteiger charge is 2.22. The Hall–Kier alpha value is -3.67. The van der Waals surface area contributed by atoms with E-state index >= 15 is 0 Å². The molecule has 0 radical (unpaired) electrons. The molecule has 3 heterocycles. The lowest BCUT2D eigenvalue weighted by molar-refractivity contribution is -0.141. The normalized spacial score (nSPS) is 14.1. The summed E-state index contributed by atoms with van der Waals surface area (Å²) in [5.74, 6) is 0.342. The summed E-state index contributed by atoms with van der Waals surface area (Å²) in [4.78, 5) is 19.0. The number of halogens is 1. The second-order valence-corrected chi connectivity index (χ2v) is 8.07. The van der Waals surface area contributed by atoms with Gasteiger partial charge in [-0.3, -0.25) is 4.79 Å². The van der Waals surface area contributed by atoms with Gasteiger partial charge in [-0.25, -0.2) is 9.37 Å². The lowest BCUT2D eigenvalue weighted by Gasteiger charge is -2.28. The fraction of sp³-hybridized carbons (Fsp3) is 0.231. The maximum atomic E-state index is 14.1. The number of fused-ring (bicyclic) bond motifs is 2. The Bertz CT molecular complexity index is 1370. The Kier molecular flexibility index (Phi) is 5.13. The number of benzene rings is 2. The number of esters is 1. The van der Waals surface area contributed by atoms with Crippen LogP contribution >= 0.6 is 0 Å². The molecule has 2 aromatic carbocycles. The predicted octanol–water partition coefficient (Wildman–Crippen LogP) is 5.10. The van der Waals surface area contributed by atoms with Crippen LogP contribution in [0.1, 0.15) is 17.7 Å². The summed E-state index contributed by atoms with van der Waals surface area (Å²) < 4.78 is 20.9. The van der Waals surface area contributed by atoms with Crippen molar-refractivity contribution in [3.05, 3.63) is 77.7 Å². The number of para-hydroxylation sites is 1. The average molecular weight is 429 g/mol. The zero-order valence-corrected chi connectivity index (χ0v) is 18.1. The predicted molar refractivity (Wildman–Crippen MR) is 125 cm³/mol. The maximum Gasteiger partial charge on any atom is 0.325 e. The van der Waals surface area contributed by atoms with Gasteiger partial charge >= 0.3 is 5.97 Å². The zero-order chi connectivity index (χ0) is 22.2. The van der Waals surface area contributed by atoms with E-state index in [-0.39, 0.29) is 18.3 Å². The van der Waals surface area contributed by atoms with Crippen molar-refractivity contribution in [1.29, 1.82) is 0 Å². The molecule has 4 aromatic rings. The van der Waals surface area contributed by atoms with Gasteiger partial charge in [0.25, 0.3) is 0 Å². The van der Waals surface area contributed by atoms with E-state index in [1.807, 2.05) is 29.7 Å². The zero-order valence-electron chi connectivity index (χ0n) is 18.1. The molecule has 162 valence electrons. The van der Waals surface area contributed by atoms with Crippen molar-refractivity contribution in [1.82, 2.24) is 9.55 Å². The monoisotopic (exact) mass is 429 g/mol. The van der Waals surface area contributed by atoms with E-state index in [1.165, 1.54) is 18.7 Å². The van der Waals surface area contributed by atoms with Crippen LogP contribution in [0.2, 0.25) is 0 Å². The topological polar surface area (TPSA) is 47.4 Å². The standard InChI is InChI=1S/C26H24FN3O2/c1-17-26(21-15-20(27)8-9-23(21)30(17)16-25(31)32-2)19-11-13-29(14-12-19)24-10-7-18-5-3-4-6-22(18)28-24/h3-11,15H,12-14,16H2,1-2H3. The first-order valence-electron chi connectivity index (χ1n) is 10.7. The van der Waals surface area contributed by atoms with Gasteiger partial charge in [0.15, 0.2) is 0 Å². The van der Waals surface area contributed by atoms with Gasteiger partial charge in [0.05, 0.1) is 12.6 Å². The quantitative estimate of drug-likeness (QED) is 0.423. The van der Waals surface area contributed by atoms with Gasteiger partial charge in [-0.1, -0.05) is 24.3 Å². The number of hydrogen-bond acceptors (Lipinski definition) is 4. The van der Waals surface area contributed by atoms with Crippen molar-refractivity contribution in [2.24, 2.45) is 0 Å². The Morgan fingerprint density at radius 2 is 2.00 bits per heavy atom. The second-order valence-electron chi connectivity index (χ2n) is 8.07. The molecule has 0 atom stereocenters. The summed E-state index contributed by atoms with van der Waals surface area (Å²) in [6, 6.07) is 17.0. The molecule has 0 saturated heterocycles. The molecule has 0 N–H and O–H groups in total. The van der Waals surface area contributed by atoms with Gasteiger partial charge in [-0.2, -0.15) is 0 Å². The summed E-state index contributed by atoms with van der Waals surface area (Å²) in [5.41, 5.74) is 4.94. The third kappa shape index (κ3) is 3.51. The van der Waals surface area contributed by atoms with Crippen LogP contribution < -0.4 is 4.90 Å². The number of ether oxygens (including phenoxy) is 1. The fourth-order valence-corrected chi connectivity index (χ4v) is 4.59. The molecule has 2 aromatic heterocycles. The van der Waals surface area contributed by atoms with Gasteiger partial charge in [0.2, 0.25) is 0 Å². The molecule has 6 heteroatoms. The number of pyridine rings is 1. The molecule has 5 nitrogen and oxygen atoms in total. The molecule has 0 spiro atoms. The van der Waals surface area contributed by atoms with Crippen LogP contribution in [0.5, 0.6) is 0 Å². The first-order chi connectivity index (χ1) is 15.5. The Morgan fingerprint density at radius 1 is 1.16 bits per heavy atom. The number of carbonyl (C=O) groups excluding carboxylic acids is 1. The first kappa shape index (κ1) is 20.2. The molecule has 5 rings (SSSR count). The third-order valence-electron chi connectivity index (χ3n) is 6.24. The lowest BCUT2D eigenvalue weighted by atomic mass is 9.96. The molecular weight excluding hydrogens is 405 g/mol. The molecule has 1 aliphatic rings. The van der Waals surface area contributed by atoms with Crippen LogP contribution in [-0.2, 0) is 16.1 Å². The second kappa shape index (κ2) is 8.11. The molecule has 0 fully saturated rings. The number of aromatic nitrogens is 2. The van der Waals surface area contributed by atoms with Crippen LogP contribution in [0, 0.1) is 12.7 Å². The van der Waals surface area contributed by atoms with E-state index < -0.39 is 0 Å². The summed E-state index contributed by atoms with van der Waals surface area (Å²) in [5, 5.41) is 1.95. The molecule has 0 aliphatic carbocycles. The van der Waals surface area contributed by atoms with Gasteiger partial charge in [-0.05, 0) is 55.3 Å².